The number of amides is 3. The lowest BCUT2D eigenvalue weighted by molar-refractivity contribution is -0.137. The molecule has 0 saturated carbocycles. The molecule has 2 heterocycles. The lowest BCUT2D eigenvalue weighted by Crippen LogP contribution is -2.57. The van der Waals surface area contributed by atoms with Crippen LogP contribution in [0.1, 0.15) is 49.5 Å². The SMILES string of the molecule is CCc1ccc(C(=O)N2CCC3(CC2)C(=O)N(CC(=O)NC(C)C)CN3c2ccccc2)cc1. The Morgan fingerprint density at radius 1 is 1.00 bits per heavy atom. The van der Waals surface area contributed by atoms with Crippen LogP contribution in [0.3, 0.4) is 0 Å². The molecule has 4 rings (SSSR count). The summed E-state index contributed by atoms with van der Waals surface area (Å²) in [6.07, 6.45) is 1.99. The fraction of sp³-hybridized carbons (Fsp3) is 0.444. The Kier molecular flexibility index (Phi) is 6.91. The zero-order valence-corrected chi connectivity index (χ0v) is 20.3. The van der Waals surface area contributed by atoms with Crippen LogP contribution in [0.4, 0.5) is 5.69 Å². The molecule has 2 aliphatic heterocycles. The monoisotopic (exact) mass is 462 g/mol. The molecule has 0 bridgehead atoms. The number of carbonyl (C=O) groups excluding carboxylic acids is 3. The van der Waals surface area contributed by atoms with Gasteiger partial charge in [-0.3, -0.25) is 14.4 Å². The maximum Gasteiger partial charge on any atom is 0.253 e. The van der Waals surface area contributed by atoms with Crippen molar-refractivity contribution < 1.29 is 14.4 Å². The van der Waals surface area contributed by atoms with Gasteiger partial charge in [-0.05, 0) is 62.9 Å². The van der Waals surface area contributed by atoms with E-state index < -0.39 is 5.54 Å². The van der Waals surface area contributed by atoms with Crippen molar-refractivity contribution in [3.63, 3.8) is 0 Å². The molecule has 0 unspecified atom stereocenters. The lowest BCUT2D eigenvalue weighted by Gasteiger charge is -2.43. The number of hydrogen-bond acceptors (Lipinski definition) is 4. The van der Waals surface area contributed by atoms with Gasteiger partial charge in [0.1, 0.15) is 12.1 Å². The van der Waals surface area contributed by atoms with E-state index in [4.69, 9.17) is 0 Å². The second kappa shape index (κ2) is 9.87. The summed E-state index contributed by atoms with van der Waals surface area (Å²) < 4.78 is 0. The Morgan fingerprint density at radius 3 is 2.24 bits per heavy atom. The predicted octanol–water partition coefficient (Wildman–Crippen LogP) is 3.05. The Morgan fingerprint density at radius 2 is 1.65 bits per heavy atom. The summed E-state index contributed by atoms with van der Waals surface area (Å²) in [6, 6.07) is 17.7. The molecule has 0 radical (unpaired) electrons. The van der Waals surface area contributed by atoms with Crippen LogP contribution in [0, 0.1) is 0 Å². The first-order chi connectivity index (χ1) is 16.3. The standard InChI is InChI=1S/C27H34N4O3/c1-4-21-10-12-22(13-11-21)25(33)29-16-14-27(15-17-29)26(34)30(18-24(32)28-20(2)3)19-31(27)23-8-6-5-7-9-23/h5-13,20H,4,14-19H2,1-3H3,(H,28,32). The summed E-state index contributed by atoms with van der Waals surface area (Å²) in [5.41, 5.74) is 2.09. The molecule has 34 heavy (non-hydrogen) atoms. The van der Waals surface area contributed by atoms with E-state index in [9.17, 15) is 14.4 Å². The summed E-state index contributed by atoms with van der Waals surface area (Å²) in [7, 11) is 0. The Balaban J connectivity index is 1.53. The number of piperidine rings is 1. The molecule has 0 atom stereocenters. The zero-order chi connectivity index (χ0) is 24.3. The summed E-state index contributed by atoms with van der Waals surface area (Å²) in [5, 5.41) is 2.88. The van der Waals surface area contributed by atoms with Gasteiger partial charge in [-0.25, -0.2) is 0 Å². The molecule has 7 heteroatoms. The highest BCUT2D eigenvalue weighted by atomic mass is 16.2. The van der Waals surface area contributed by atoms with E-state index in [1.54, 1.807) is 4.90 Å². The van der Waals surface area contributed by atoms with Crippen molar-refractivity contribution in [1.82, 2.24) is 15.1 Å². The third kappa shape index (κ3) is 4.65. The number of anilines is 1. The largest absolute Gasteiger partial charge is 0.352 e. The van der Waals surface area contributed by atoms with Crippen molar-refractivity contribution >= 4 is 23.4 Å². The second-order valence-corrected chi connectivity index (χ2v) is 9.50. The smallest absolute Gasteiger partial charge is 0.253 e. The Labute approximate surface area is 201 Å². The molecule has 2 aromatic rings. The predicted molar refractivity (Wildman–Crippen MR) is 132 cm³/mol. The van der Waals surface area contributed by atoms with Crippen LogP contribution in [0.25, 0.3) is 0 Å². The number of aryl methyl sites for hydroxylation is 1. The normalized spacial score (nSPS) is 17.5. The van der Waals surface area contributed by atoms with Crippen LogP contribution in [0.2, 0.25) is 0 Å². The quantitative estimate of drug-likeness (QED) is 0.716. The van der Waals surface area contributed by atoms with Crippen LogP contribution >= 0.6 is 0 Å². The molecule has 0 aromatic heterocycles. The third-order valence-electron chi connectivity index (χ3n) is 6.85. The number of likely N-dealkylation sites (tertiary alicyclic amines) is 1. The van der Waals surface area contributed by atoms with Crippen LogP contribution in [-0.4, -0.2) is 65.4 Å². The van der Waals surface area contributed by atoms with Crippen molar-refractivity contribution in [2.45, 2.75) is 51.6 Å². The molecule has 1 N–H and O–H groups in total. The number of nitrogens with zero attached hydrogens (tertiary/aromatic N) is 3. The van der Waals surface area contributed by atoms with Crippen LogP contribution in [-0.2, 0) is 16.0 Å². The molecule has 2 fully saturated rings. The van der Waals surface area contributed by atoms with Gasteiger partial charge in [0.2, 0.25) is 5.91 Å². The molecular formula is C27H34N4O3. The Hall–Kier alpha value is -3.35. The molecule has 1 spiro atoms. The first kappa shape index (κ1) is 23.8. The minimum absolute atomic E-state index is 0.00220. The van der Waals surface area contributed by atoms with Gasteiger partial charge in [0.05, 0.1) is 6.67 Å². The van der Waals surface area contributed by atoms with Crippen LogP contribution in [0.15, 0.2) is 54.6 Å². The minimum Gasteiger partial charge on any atom is -0.352 e. The maximum absolute atomic E-state index is 13.7. The minimum atomic E-state index is -0.748. The molecule has 180 valence electrons. The number of carbonyl (C=O) groups is 3. The number of nitrogens with one attached hydrogen (secondary N) is 1. The fourth-order valence-corrected chi connectivity index (χ4v) is 5.01. The summed E-state index contributed by atoms with van der Waals surface area (Å²) >= 11 is 0. The van der Waals surface area contributed by atoms with Crippen molar-refractivity contribution in [3.8, 4) is 0 Å². The molecule has 3 amide bonds. The third-order valence-corrected chi connectivity index (χ3v) is 6.85. The van der Waals surface area contributed by atoms with E-state index in [1.807, 2.05) is 73.3 Å². The average Bonchev–Trinajstić information content (AvgIpc) is 3.10. The van der Waals surface area contributed by atoms with E-state index in [1.165, 1.54) is 5.56 Å². The van der Waals surface area contributed by atoms with E-state index in [0.717, 1.165) is 12.1 Å². The number of para-hydroxylation sites is 1. The second-order valence-electron chi connectivity index (χ2n) is 9.50. The number of rotatable bonds is 6. The maximum atomic E-state index is 13.7. The lowest BCUT2D eigenvalue weighted by atomic mass is 9.85. The van der Waals surface area contributed by atoms with Crippen molar-refractivity contribution in [2.75, 3.05) is 31.2 Å². The topological polar surface area (TPSA) is 73.0 Å². The van der Waals surface area contributed by atoms with Gasteiger partial charge in [-0.15, -0.1) is 0 Å². The Bertz CT molecular complexity index is 1030. The van der Waals surface area contributed by atoms with E-state index >= 15 is 0 Å². The fourth-order valence-electron chi connectivity index (χ4n) is 5.01. The summed E-state index contributed by atoms with van der Waals surface area (Å²) in [5.74, 6) is -0.186. The molecule has 2 saturated heterocycles. The van der Waals surface area contributed by atoms with Gasteiger partial charge < -0.3 is 20.0 Å². The molecule has 7 nitrogen and oxygen atoms in total. The van der Waals surface area contributed by atoms with Crippen molar-refractivity contribution in [3.05, 3.63) is 65.7 Å². The molecular weight excluding hydrogens is 428 g/mol. The summed E-state index contributed by atoms with van der Waals surface area (Å²) in [6.45, 7) is 7.29. The van der Waals surface area contributed by atoms with Crippen LogP contribution < -0.4 is 10.2 Å². The van der Waals surface area contributed by atoms with Crippen molar-refractivity contribution in [2.24, 2.45) is 0 Å². The number of hydrogen-bond donors (Lipinski definition) is 1. The van der Waals surface area contributed by atoms with E-state index in [2.05, 4.69) is 17.1 Å². The van der Waals surface area contributed by atoms with Gasteiger partial charge in [0.25, 0.3) is 11.8 Å². The van der Waals surface area contributed by atoms with Gasteiger partial charge in [-0.1, -0.05) is 37.3 Å². The summed E-state index contributed by atoms with van der Waals surface area (Å²) in [4.78, 5) is 44.9. The van der Waals surface area contributed by atoms with Gasteiger partial charge >= 0.3 is 0 Å². The first-order valence-corrected chi connectivity index (χ1v) is 12.1. The molecule has 0 aliphatic carbocycles. The van der Waals surface area contributed by atoms with Gasteiger partial charge in [0.15, 0.2) is 0 Å². The van der Waals surface area contributed by atoms with E-state index in [-0.39, 0.29) is 30.3 Å². The molecule has 2 aliphatic rings. The van der Waals surface area contributed by atoms with Gasteiger partial charge in [0, 0.05) is 30.4 Å². The zero-order valence-electron chi connectivity index (χ0n) is 20.3. The first-order valence-electron chi connectivity index (χ1n) is 12.1. The van der Waals surface area contributed by atoms with Gasteiger partial charge in [-0.2, -0.15) is 0 Å². The van der Waals surface area contributed by atoms with Crippen molar-refractivity contribution in [1.29, 1.82) is 0 Å². The van der Waals surface area contributed by atoms with Crippen LogP contribution in [0.5, 0.6) is 0 Å². The average molecular weight is 463 g/mol. The highest BCUT2D eigenvalue weighted by Gasteiger charge is 2.54. The number of benzene rings is 2. The highest BCUT2D eigenvalue weighted by Crippen LogP contribution is 2.39. The molecule has 2 aromatic carbocycles. The highest BCUT2D eigenvalue weighted by molar-refractivity contribution is 5.97. The van der Waals surface area contributed by atoms with E-state index in [0.29, 0.717) is 38.2 Å².